The minimum atomic E-state index is -0.250. The fourth-order valence-corrected chi connectivity index (χ4v) is 2.55. The number of hydrogen-bond donors (Lipinski definition) is 4. The van der Waals surface area contributed by atoms with Crippen molar-refractivity contribution in [1.29, 1.82) is 0 Å². The van der Waals surface area contributed by atoms with Gasteiger partial charge in [0.2, 0.25) is 0 Å². The molecule has 0 spiro atoms. The van der Waals surface area contributed by atoms with Crippen molar-refractivity contribution in [3.63, 3.8) is 0 Å². The highest BCUT2D eigenvalue weighted by atomic mass is 16.5. The molecule has 0 heterocycles. The van der Waals surface area contributed by atoms with E-state index in [1.165, 1.54) is 0 Å². The van der Waals surface area contributed by atoms with Crippen LogP contribution in [0.2, 0.25) is 0 Å². The van der Waals surface area contributed by atoms with E-state index in [0.717, 1.165) is 37.8 Å². The Bertz CT molecular complexity index is 452. The highest BCUT2D eigenvalue weighted by molar-refractivity contribution is 5.41. The van der Waals surface area contributed by atoms with Crippen LogP contribution in [0.4, 0.5) is 0 Å². The van der Waals surface area contributed by atoms with Crippen LogP contribution in [0.25, 0.3) is 0 Å². The van der Waals surface area contributed by atoms with Crippen molar-refractivity contribution < 1.29 is 24.9 Å². The summed E-state index contributed by atoms with van der Waals surface area (Å²) in [6.07, 6.45) is 3.79. The number of carbonyl (C=O) groups is 1. The summed E-state index contributed by atoms with van der Waals surface area (Å²) in [6, 6.07) is 5.81. The number of rotatable bonds is 5. The zero-order chi connectivity index (χ0) is 16.4. The molecule has 1 aliphatic rings. The minimum absolute atomic E-state index is 0.162. The second-order valence-electron chi connectivity index (χ2n) is 5.24. The lowest BCUT2D eigenvalue weighted by atomic mass is 9.93. The highest BCUT2D eigenvalue weighted by Crippen LogP contribution is 2.27. The van der Waals surface area contributed by atoms with Gasteiger partial charge in [-0.3, -0.25) is 4.79 Å². The van der Waals surface area contributed by atoms with E-state index < -0.39 is 0 Å². The molecule has 6 nitrogen and oxygen atoms in total. The van der Waals surface area contributed by atoms with E-state index in [2.05, 4.69) is 5.32 Å². The van der Waals surface area contributed by atoms with Crippen LogP contribution in [0.5, 0.6) is 11.5 Å². The number of aliphatic hydroxyl groups is 1. The summed E-state index contributed by atoms with van der Waals surface area (Å²) in [5.41, 5.74) is 1.08. The number of phenols is 1. The van der Waals surface area contributed by atoms with Crippen molar-refractivity contribution in [2.45, 2.75) is 51.3 Å². The van der Waals surface area contributed by atoms with Gasteiger partial charge < -0.3 is 25.4 Å². The molecule has 124 valence electrons. The normalized spacial score (nSPS) is 20.6. The van der Waals surface area contributed by atoms with Crippen LogP contribution in [0.15, 0.2) is 18.2 Å². The zero-order valence-electron chi connectivity index (χ0n) is 12.9. The molecule has 6 heteroatoms. The Morgan fingerprint density at radius 1 is 1.41 bits per heavy atom. The van der Waals surface area contributed by atoms with Crippen molar-refractivity contribution in [3.05, 3.63) is 23.8 Å². The molecule has 22 heavy (non-hydrogen) atoms. The average Bonchev–Trinajstić information content (AvgIpc) is 2.49. The van der Waals surface area contributed by atoms with Gasteiger partial charge in [-0.05, 0) is 50.3 Å². The van der Waals surface area contributed by atoms with Gasteiger partial charge in [-0.2, -0.15) is 0 Å². The molecule has 1 aromatic rings. The van der Waals surface area contributed by atoms with Crippen molar-refractivity contribution in [1.82, 2.24) is 5.32 Å². The Kier molecular flexibility index (Phi) is 8.32. The van der Waals surface area contributed by atoms with Crippen LogP contribution in [0.3, 0.4) is 0 Å². The number of aliphatic hydroxyl groups excluding tert-OH is 1. The number of benzene rings is 1. The molecule has 4 N–H and O–H groups in total. The minimum Gasteiger partial charge on any atom is -0.504 e. The third-order valence-electron chi connectivity index (χ3n) is 3.57. The van der Waals surface area contributed by atoms with Gasteiger partial charge in [0.15, 0.2) is 11.5 Å². The Morgan fingerprint density at radius 2 is 2.14 bits per heavy atom. The number of carboxylic acid groups (broad SMARTS) is 1. The van der Waals surface area contributed by atoms with Gasteiger partial charge >= 0.3 is 0 Å². The first-order valence-corrected chi connectivity index (χ1v) is 7.54. The molecule has 0 bridgehead atoms. The van der Waals surface area contributed by atoms with Crippen molar-refractivity contribution in [2.24, 2.45) is 0 Å². The lowest BCUT2D eigenvalue weighted by molar-refractivity contribution is -0.122. The topological polar surface area (TPSA) is 99.0 Å². The number of nitrogens with one attached hydrogen (secondary N) is 1. The first-order valence-electron chi connectivity index (χ1n) is 7.54. The lowest BCUT2D eigenvalue weighted by Gasteiger charge is -2.26. The first-order chi connectivity index (χ1) is 10.6. The average molecular weight is 311 g/mol. The largest absolute Gasteiger partial charge is 0.504 e. The van der Waals surface area contributed by atoms with E-state index in [-0.39, 0.29) is 18.3 Å². The predicted molar refractivity (Wildman–Crippen MR) is 83.1 cm³/mol. The number of ether oxygens (including phenoxy) is 1. The summed E-state index contributed by atoms with van der Waals surface area (Å²) < 4.78 is 5.37. The third kappa shape index (κ3) is 6.32. The molecule has 0 unspecified atom stereocenters. The van der Waals surface area contributed by atoms with Crippen LogP contribution in [0.1, 0.15) is 38.2 Å². The van der Waals surface area contributed by atoms with E-state index in [1.807, 2.05) is 19.1 Å². The Morgan fingerprint density at radius 3 is 2.77 bits per heavy atom. The van der Waals surface area contributed by atoms with E-state index in [4.69, 9.17) is 14.6 Å². The van der Waals surface area contributed by atoms with E-state index in [0.29, 0.717) is 18.4 Å². The lowest BCUT2D eigenvalue weighted by Crippen LogP contribution is -2.35. The number of aromatic hydroxyl groups is 1. The standard InChI is InChI=1S/C15H23NO3.CH2O2/c1-2-19-15-8-11(6-7-14(15)18)10-16-12-4-3-5-13(17)9-12;2-1-3/h6-8,12-13,16-18H,2-5,9-10H2,1H3;1H,(H,2,3)/t12-,13+;/m0./s1. The van der Waals surface area contributed by atoms with Gasteiger partial charge in [0, 0.05) is 12.6 Å². The maximum atomic E-state index is 9.64. The van der Waals surface area contributed by atoms with Gasteiger partial charge in [0.1, 0.15) is 0 Å². The van der Waals surface area contributed by atoms with Crippen molar-refractivity contribution >= 4 is 6.47 Å². The molecule has 1 saturated carbocycles. The molecule has 2 atom stereocenters. The molecule has 1 aromatic carbocycles. The van der Waals surface area contributed by atoms with Crippen LogP contribution in [0, 0.1) is 0 Å². The Labute approximate surface area is 130 Å². The van der Waals surface area contributed by atoms with Gasteiger partial charge in [-0.25, -0.2) is 0 Å². The van der Waals surface area contributed by atoms with Gasteiger partial charge in [0.25, 0.3) is 6.47 Å². The summed E-state index contributed by atoms with van der Waals surface area (Å²) in [7, 11) is 0. The molecule has 2 rings (SSSR count). The maximum absolute atomic E-state index is 9.64. The van der Waals surface area contributed by atoms with E-state index in [1.54, 1.807) is 6.07 Å². The zero-order valence-corrected chi connectivity index (χ0v) is 12.9. The maximum Gasteiger partial charge on any atom is 0.290 e. The molecular formula is C16H25NO5. The first kappa shape index (κ1) is 18.3. The second kappa shape index (κ2) is 10.0. The van der Waals surface area contributed by atoms with Crippen molar-refractivity contribution in [3.8, 4) is 11.5 Å². The summed E-state index contributed by atoms with van der Waals surface area (Å²) in [5.74, 6) is 0.712. The second-order valence-corrected chi connectivity index (χ2v) is 5.24. The number of phenolic OH excluding ortho intramolecular Hbond substituents is 1. The predicted octanol–water partition coefficient (Wildman–Crippen LogP) is 1.88. The van der Waals surface area contributed by atoms with E-state index in [9.17, 15) is 10.2 Å². The van der Waals surface area contributed by atoms with Gasteiger partial charge in [-0.15, -0.1) is 0 Å². The molecule has 0 radical (unpaired) electrons. The Hall–Kier alpha value is -1.79. The van der Waals surface area contributed by atoms with Gasteiger partial charge in [-0.1, -0.05) is 6.07 Å². The Balaban J connectivity index is 0.000000745. The van der Waals surface area contributed by atoms with Crippen LogP contribution < -0.4 is 10.1 Å². The molecular weight excluding hydrogens is 286 g/mol. The fourth-order valence-electron chi connectivity index (χ4n) is 2.55. The van der Waals surface area contributed by atoms with Crippen LogP contribution >= 0.6 is 0 Å². The summed E-state index contributed by atoms with van der Waals surface area (Å²) in [5, 5.41) is 29.6. The van der Waals surface area contributed by atoms with Gasteiger partial charge in [0.05, 0.1) is 12.7 Å². The SMILES string of the molecule is CCOc1cc(CN[C@H]2CCC[C@@H](O)C2)ccc1O.O=CO. The van der Waals surface area contributed by atoms with Crippen LogP contribution in [-0.2, 0) is 11.3 Å². The summed E-state index contributed by atoms with van der Waals surface area (Å²) >= 11 is 0. The number of hydrogen-bond acceptors (Lipinski definition) is 5. The molecule has 0 amide bonds. The molecule has 1 aliphatic carbocycles. The molecule has 0 aliphatic heterocycles. The van der Waals surface area contributed by atoms with E-state index >= 15 is 0 Å². The fraction of sp³-hybridized carbons (Fsp3) is 0.562. The molecule has 0 aromatic heterocycles. The molecule has 0 saturated heterocycles. The van der Waals surface area contributed by atoms with Crippen LogP contribution in [-0.4, -0.2) is 40.5 Å². The molecule has 1 fully saturated rings. The summed E-state index contributed by atoms with van der Waals surface area (Å²) in [6.45, 7) is 2.92. The third-order valence-corrected chi connectivity index (χ3v) is 3.57. The quantitative estimate of drug-likeness (QED) is 0.620. The smallest absolute Gasteiger partial charge is 0.290 e. The van der Waals surface area contributed by atoms with Crippen molar-refractivity contribution in [2.75, 3.05) is 6.61 Å². The highest BCUT2D eigenvalue weighted by Gasteiger charge is 2.19. The summed E-state index contributed by atoms with van der Waals surface area (Å²) in [4.78, 5) is 8.36. The monoisotopic (exact) mass is 311 g/mol.